The van der Waals surface area contributed by atoms with Crippen LogP contribution in [0.5, 0.6) is 0 Å². The van der Waals surface area contributed by atoms with Crippen molar-refractivity contribution in [2.45, 2.75) is 13.1 Å². The molecule has 29 heavy (non-hydrogen) atoms. The van der Waals surface area contributed by atoms with Crippen LogP contribution in [0.25, 0.3) is 21.9 Å². The van der Waals surface area contributed by atoms with Crippen molar-refractivity contribution < 1.29 is 0 Å². The molecule has 5 rings (SSSR count). The van der Waals surface area contributed by atoms with Gasteiger partial charge in [-0.15, -0.1) is 0 Å². The summed E-state index contributed by atoms with van der Waals surface area (Å²) in [6.45, 7) is 0.992. The molecule has 0 aliphatic rings. The first kappa shape index (κ1) is 17.7. The molecule has 0 atom stereocenters. The molecule has 0 aliphatic carbocycles. The van der Waals surface area contributed by atoms with Gasteiger partial charge in [-0.1, -0.05) is 78.3 Å². The minimum absolute atomic E-state index is 0.0675. The van der Waals surface area contributed by atoms with Gasteiger partial charge in [0.25, 0.3) is 5.56 Å². The molecule has 0 spiro atoms. The van der Waals surface area contributed by atoms with Gasteiger partial charge in [0, 0.05) is 17.0 Å². The third-order valence-corrected chi connectivity index (χ3v) is 5.58. The van der Waals surface area contributed by atoms with Gasteiger partial charge in [-0.05, 0) is 23.3 Å². The Balaban J connectivity index is 1.73. The number of fused-ring (bicyclic) bond motifs is 3. The Kier molecular flexibility index (Phi) is 4.41. The van der Waals surface area contributed by atoms with Gasteiger partial charge in [-0.2, -0.15) is 0 Å². The second-order valence-electron chi connectivity index (χ2n) is 7.06. The van der Waals surface area contributed by atoms with Crippen molar-refractivity contribution in [3.8, 4) is 0 Å². The maximum absolute atomic E-state index is 13.5. The van der Waals surface area contributed by atoms with E-state index < -0.39 is 0 Å². The molecule has 0 aliphatic heterocycles. The molecule has 0 unspecified atom stereocenters. The normalized spacial score (nSPS) is 11.3. The molecule has 0 N–H and O–H groups in total. The van der Waals surface area contributed by atoms with E-state index in [0.717, 1.165) is 27.5 Å². The van der Waals surface area contributed by atoms with Crippen molar-refractivity contribution in [2.24, 2.45) is 0 Å². The van der Waals surface area contributed by atoms with Gasteiger partial charge in [-0.25, -0.2) is 4.98 Å². The number of halogens is 1. The molecule has 3 aromatic carbocycles. The number of aromatic nitrogens is 3. The molecule has 0 saturated carbocycles. The number of rotatable bonds is 4. The lowest BCUT2D eigenvalue weighted by molar-refractivity contribution is 0.738. The van der Waals surface area contributed by atoms with Crippen molar-refractivity contribution in [1.82, 2.24) is 14.1 Å². The summed E-state index contributed by atoms with van der Waals surface area (Å²) in [5, 5.41) is 1.63. The minimum atomic E-state index is -0.0675. The van der Waals surface area contributed by atoms with Gasteiger partial charge in [0.15, 0.2) is 0 Å². The lowest BCUT2D eigenvalue weighted by atomic mass is 10.2. The lowest BCUT2D eigenvalue weighted by Crippen LogP contribution is -2.23. The SMILES string of the molecule is O=c1c2c(ncn1Cc1ccccc1Cl)c1ccccc1n2Cc1ccccc1. The Morgan fingerprint density at radius 2 is 1.55 bits per heavy atom. The van der Waals surface area contributed by atoms with Crippen molar-refractivity contribution in [1.29, 1.82) is 0 Å². The van der Waals surface area contributed by atoms with Crippen LogP contribution in [-0.2, 0) is 13.1 Å². The van der Waals surface area contributed by atoms with E-state index in [4.69, 9.17) is 11.6 Å². The van der Waals surface area contributed by atoms with E-state index in [1.165, 1.54) is 0 Å². The highest BCUT2D eigenvalue weighted by molar-refractivity contribution is 6.31. The molecule has 0 amide bonds. The Labute approximate surface area is 172 Å². The smallest absolute Gasteiger partial charge is 0.278 e. The van der Waals surface area contributed by atoms with Crippen LogP contribution in [0.3, 0.4) is 0 Å². The predicted octanol–water partition coefficient (Wildman–Crippen LogP) is 5.10. The molecular formula is C24H18ClN3O. The van der Waals surface area contributed by atoms with Crippen molar-refractivity contribution in [2.75, 3.05) is 0 Å². The van der Waals surface area contributed by atoms with Crippen LogP contribution in [0, 0.1) is 0 Å². The summed E-state index contributed by atoms with van der Waals surface area (Å²) < 4.78 is 3.70. The van der Waals surface area contributed by atoms with Crippen LogP contribution in [0.4, 0.5) is 0 Å². The topological polar surface area (TPSA) is 39.8 Å². The monoisotopic (exact) mass is 399 g/mol. The van der Waals surface area contributed by atoms with Crippen LogP contribution < -0.4 is 5.56 Å². The van der Waals surface area contributed by atoms with Gasteiger partial charge in [0.05, 0.1) is 18.4 Å². The Hall–Kier alpha value is -3.37. The fourth-order valence-corrected chi connectivity index (χ4v) is 4.00. The van der Waals surface area contributed by atoms with E-state index in [-0.39, 0.29) is 5.56 Å². The summed E-state index contributed by atoms with van der Waals surface area (Å²) in [5.74, 6) is 0. The zero-order valence-electron chi connectivity index (χ0n) is 15.6. The first-order valence-corrected chi connectivity index (χ1v) is 9.84. The quantitative estimate of drug-likeness (QED) is 0.421. The fourth-order valence-electron chi connectivity index (χ4n) is 3.80. The van der Waals surface area contributed by atoms with E-state index in [2.05, 4.69) is 21.7 Å². The maximum atomic E-state index is 13.5. The van der Waals surface area contributed by atoms with E-state index in [1.807, 2.05) is 66.7 Å². The van der Waals surface area contributed by atoms with Crippen LogP contribution >= 0.6 is 11.6 Å². The summed E-state index contributed by atoms with van der Waals surface area (Å²) in [7, 11) is 0. The molecule has 2 aromatic heterocycles. The number of hydrogen-bond acceptors (Lipinski definition) is 2. The molecule has 0 radical (unpaired) electrons. The highest BCUT2D eigenvalue weighted by atomic mass is 35.5. The molecule has 142 valence electrons. The highest BCUT2D eigenvalue weighted by Crippen LogP contribution is 2.26. The fraction of sp³-hybridized carbons (Fsp3) is 0.0833. The highest BCUT2D eigenvalue weighted by Gasteiger charge is 2.17. The van der Waals surface area contributed by atoms with Gasteiger partial charge in [0.2, 0.25) is 0 Å². The largest absolute Gasteiger partial charge is 0.330 e. The van der Waals surface area contributed by atoms with Crippen LogP contribution in [0.1, 0.15) is 11.1 Å². The lowest BCUT2D eigenvalue weighted by Gasteiger charge is -2.10. The first-order valence-electron chi connectivity index (χ1n) is 9.46. The van der Waals surface area contributed by atoms with E-state index in [0.29, 0.717) is 23.6 Å². The molecule has 5 aromatic rings. The standard InChI is InChI=1S/C24H18ClN3O/c25-20-12-6-4-10-18(20)15-27-16-26-22-19-11-5-7-13-21(19)28(23(22)24(27)29)14-17-8-2-1-3-9-17/h1-13,16H,14-15H2. The van der Waals surface area contributed by atoms with Crippen molar-refractivity contribution in [3.05, 3.63) is 112 Å². The number of nitrogens with zero attached hydrogens (tertiary/aromatic N) is 3. The zero-order chi connectivity index (χ0) is 19.8. The summed E-state index contributed by atoms with van der Waals surface area (Å²) in [5.41, 5.74) is 4.31. The average molecular weight is 400 g/mol. The maximum Gasteiger partial charge on any atom is 0.278 e. The van der Waals surface area contributed by atoms with Gasteiger partial charge >= 0.3 is 0 Å². The second kappa shape index (κ2) is 7.22. The van der Waals surface area contributed by atoms with Crippen LogP contribution in [-0.4, -0.2) is 14.1 Å². The molecule has 4 nitrogen and oxygen atoms in total. The number of benzene rings is 3. The molecule has 0 saturated heterocycles. The molecule has 0 bridgehead atoms. The van der Waals surface area contributed by atoms with E-state index in [9.17, 15) is 4.79 Å². The number of para-hydroxylation sites is 1. The third-order valence-electron chi connectivity index (χ3n) is 5.22. The Morgan fingerprint density at radius 3 is 2.38 bits per heavy atom. The van der Waals surface area contributed by atoms with Crippen molar-refractivity contribution in [3.63, 3.8) is 0 Å². The average Bonchev–Trinajstić information content (AvgIpc) is 3.07. The van der Waals surface area contributed by atoms with Gasteiger partial charge in [0.1, 0.15) is 11.0 Å². The minimum Gasteiger partial charge on any atom is -0.330 e. The predicted molar refractivity (Wildman–Crippen MR) is 118 cm³/mol. The summed E-state index contributed by atoms with van der Waals surface area (Å²) >= 11 is 6.31. The molecule has 0 fully saturated rings. The van der Waals surface area contributed by atoms with Crippen LogP contribution in [0.15, 0.2) is 90.0 Å². The summed E-state index contributed by atoms with van der Waals surface area (Å²) in [6, 6.07) is 25.7. The first-order chi connectivity index (χ1) is 14.2. The summed E-state index contributed by atoms with van der Waals surface area (Å²) in [4.78, 5) is 18.1. The molecule has 2 heterocycles. The number of hydrogen-bond donors (Lipinski definition) is 0. The Morgan fingerprint density at radius 1 is 0.828 bits per heavy atom. The van der Waals surface area contributed by atoms with Gasteiger partial charge < -0.3 is 4.57 Å². The molecular weight excluding hydrogens is 382 g/mol. The van der Waals surface area contributed by atoms with Crippen LogP contribution in [0.2, 0.25) is 5.02 Å². The molecule has 5 heteroatoms. The third kappa shape index (κ3) is 3.12. The van der Waals surface area contributed by atoms with Crippen molar-refractivity contribution >= 4 is 33.5 Å². The van der Waals surface area contributed by atoms with Gasteiger partial charge in [-0.3, -0.25) is 9.36 Å². The van der Waals surface area contributed by atoms with E-state index in [1.54, 1.807) is 10.9 Å². The van der Waals surface area contributed by atoms with E-state index >= 15 is 0 Å². The summed E-state index contributed by atoms with van der Waals surface area (Å²) in [6.07, 6.45) is 1.62. The zero-order valence-corrected chi connectivity index (χ0v) is 16.4. The second-order valence-corrected chi connectivity index (χ2v) is 7.46. The Bertz CT molecular complexity index is 1390.